The van der Waals surface area contributed by atoms with Gasteiger partial charge in [-0.1, -0.05) is 6.92 Å². The molecule has 0 unspecified atom stereocenters. The zero-order valence-corrected chi connectivity index (χ0v) is 6.44. The first kappa shape index (κ1) is 7.12. The first-order chi connectivity index (χ1) is 4.84. The molecule has 10 heavy (non-hydrogen) atoms. The van der Waals surface area contributed by atoms with Crippen molar-refractivity contribution in [3.63, 3.8) is 0 Å². The summed E-state index contributed by atoms with van der Waals surface area (Å²) in [5.41, 5.74) is 1.17. The largest absolute Gasteiger partial charge is 0.370 e. The third-order valence-corrected chi connectivity index (χ3v) is 1.38. The predicted molar refractivity (Wildman–Crippen MR) is 42.1 cm³/mol. The molecule has 0 saturated carbocycles. The van der Waals surface area contributed by atoms with Crippen LogP contribution in [-0.2, 0) is 0 Å². The molecule has 0 spiro atoms. The highest BCUT2D eigenvalue weighted by Gasteiger charge is 1.95. The van der Waals surface area contributed by atoms with Crippen LogP contribution in [0.1, 0.15) is 18.9 Å². The first-order valence-corrected chi connectivity index (χ1v) is 3.58. The fourth-order valence-corrected chi connectivity index (χ4v) is 0.775. The Bertz CT molecular complexity index is 192. The van der Waals surface area contributed by atoms with Crippen LogP contribution in [0.25, 0.3) is 0 Å². The molecule has 0 aliphatic rings. The van der Waals surface area contributed by atoms with Crippen LogP contribution in [0.15, 0.2) is 6.20 Å². The zero-order valence-electron chi connectivity index (χ0n) is 6.44. The van der Waals surface area contributed by atoms with E-state index in [9.17, 15) is 0 Å². The minimum Gasteiger partial charge on any atom is -0.370 e. The number of rotatable bonds is 3. The molecular weight excluding hydrogens is 126 g/mol. The molecule has 0 amide bonds. The van der Waals surface area contributed by atoms with Crippen LogP contribution in [0.4, 0.5) is 5.82 Å². The quantitative estimate of drug-likeness (QED) is 0.666. The van der Waals surface area contributed by atoms with E-state index in [2.05, 4.69) is 22.4 Å². The average molecular weight is 139 g/mol. The fourth-order valence-electron chi connectivity index (χ4n) is 0.775. The lowest BCUT2D eigenvalue weighted by molar-refractivity contribution is 0.959. The van der Waals surface area contributed by atoms with Crippen LogP contribution in [0.3, 0.4) is 0 Å². The summed E-state index contributed by atoms with van der Waals surface area (Å²) < 4.78 is 0. The van der Waals surface area contributed by atoms with Crippen molar-refractivity contribution in [2.24, 2.45) is 0 Å². The zero-order chi connectivity index (χ0) is 7.40. The summed E-state index contributed by atoms with van der Waals surface area (Å²) in [6.45, 7) is 5.17. The monoisotopic (exact) mass is 139 g/mol. The van der Waals surface area contributed by atoms with Crippen molar-refractivity contribution in [3.8, 4) is 0 Å². The van der Waals surface area contributed by atoms with Crippen molar-refractivity contribution in [2.75, 3.05) is 11.9 Å². The Hall–Kier alpha value is -0.990. The highest BCUT2D eigenvalue weighted by atomic mass is 15.2. The van der Waals surface area contributed by atoms with Crippen LogP contribution in [0.2, 0.25) is 0 Å². The van der Waals surface area contributed by atoms with E-state index in [1.54, 1.807) is 0 Å². The molecule has 0 atom stereocenters. The second-order valence-electron chi connectivity index (χ2n) is 2.35. The molecule has 1 aromatic heterocycles. The number of aromatic nitrogens is 2. The van der Waals surface area contributed by atoms with E-state index < -0.39 is 0 Å². The number of nitrogens with one attached hydrogen (secondary N) is 2. The third kappa shape index (κ3) is 1.50. The van der Waals surface area contributed by atoms with Crippen molar-refractivity contribution in [1.82, 2.24) is 10.2 Å². The van der Waals surface area contributed by atoms with Crippen LogP contribution in [-0.4, -0.2) is 16.7 Å². The molecule has 0 aromatic carbocycles. The van der Waals surface area contributed by atoms with Crippen molar-refractivity contribution in [3.05, 3.63) is 11.8 Å². The molecule has 1 heterocycles. The normalized spacial score (nSPS) is 9.80. The van der Waals surface area contributed by atoms with E-state index in [0.717, 1.165) is 18.8 Å². The summed E-state index contributed by atoms with van der Waals surface area (Å²) >= 11 is 0. The first-order valence-electron chi connectivity index (χ1n) is 3.58. The highest BCUT2D eigenvalue weighted by Crippen LogP contribution is 2.07. The summed E-state index contributed by atoms with van der Waals surface area (Å²) in [5.74, 6) is 1.04. The second kappa shape index (κ2) is 3.25. The molecule has 0 bridgehead atoms. The molecule has 0 aliphatic heterocycles. The van der Waals surface area contributed by atoms with Gasteiger partial charge in [-0.05, 0) is 13.3 Å². The van der Waals surface area contributed by atoms with Crippen LogP contribution < -0.4 is 5.32 Å². The number of hydrogen-bond acceptors (Lipinski definition) is 2. The molecule has 0 saturated heterocycles. The summed E-state index contributed by atoms with van der Waals surface area (Å²) in [7, 11) is 0. The van der Waals surface area contributed by atoms with Gasteiger partial charge in [0, 0.05) is 12.1 Å². The number of H-pyrrole nitrogens is 1. The van der Waals surface area contributed by atoms with Gasteiger partial charge in [0.2, 0.25) is 0 Å². The number of aromatic amines is 1. The molecule has 0 fully saturated rings. The van der Waals surface area contributed by atoms with Crippen LogP contribution in [0.5, 0.6) is 0 Å². The number of aryl methyl sites for hydroxylation is 1. The van der Waals surface area contributed by atoms with Gasteiger partial charge in [-0.2, -0.15) is 5.10 Å². The molecule has 2 N–H and O–H groups in total. The standard InChI is InChI=1S/C7H13N3/c1-3-4-8-7-6(2)5-9-10-7/h5H,3-4H2,1-2H3,(H2,8,9,10). The van der Waals surface area contributed by atoms with Crippen LogP contribution >= 0.6 is 0 Å². The summed E-state index contributed by atoms with van der Waals surface area (Å²) in [4.78, 5) is 0. The fraction of sp³-hybridized carbons (Fsp3) is 0.571. The predicted octanol–water partition coefficient (Wildman–Crippen LogP) is 1.54. The highest BCUT2D eigenvalue weighted by molar-refractivity contribution is 5.40. The third-order valence-electron chi connectivity index (χ3n) is 1.38. The Morgan fingerprint density at radius 2 is 2.50 bits per heavy atom. The van der Waals surface area contributed by atoms with Crippen molar-refractivity contribution in [2.45, 2.75) is 20.3 Å². The molecule has 1 aromatic rings. The van der Waals surface area contributed by atoms with Gasteiger partial charge in [-0.3, -0.25) is 5.10 Å². The van der Waals surface area contributed by atoms with Crippen LogP contribution in [0, 0.1) is 6.92 Å². The van der Waals surface area contributed by atoms with E-state index >= 15 is 0 Å². The molecule has 3 nitrogen and oxygen atoms in total. The summed E-state index contributed by atoms with van der Waals surface area (Å²) in [5, 5.41) is 9.99. The van der Waals surface area contributed by atoms with Gasteiger partial charge in [0.1, 0.15) is 5.82 Å². The van der Waals surface area contributed by atoms with Gasteiger partial charge in [0.05, 0.1) is 6.20 Å². The van der Waals surface area contributed by atoms with Gasteiger partial charge in [0.15, 0.2) is 0 Å². The SMILES string of the molecule is CCCNc1[nH]ncc1C. The lowest BCUT2D eigenvalue weighted by atomic mass is 10.3. The van der Waals surface area contributed by atoms with Gasteiger partial charge in [-0.25, -0.2) is 0 Å². The molecular formula is C7H13N3. The number of anilines is 1. The van der Waals surface area contributed by atoms with Crippen molar-refractivity contribution < 1.29 is 0 Å². The van der Waals surface area contributed by atoms with E-state index in [4.69, 9.17) is 0 Å². The Kier molecular flexibility index (Phi) is 2.31. The molecule has 3 heteroatoms. The average Bonchev–Trinajstić information content (AvgIpc) is 2.31. The van der Waals surface area contributed by atoms with Crippen molar-refractivity contribution >= 4 is 5.82 Å². The molecule has 1 rings (SSSR count). The Morgan fingerprint density at radius 3 is 3.00 bits per heavy atom. The maximum absolute atomic E-state index is 3.89. The number of hydrogen-bond donors (Lipinski definition) is 2. The Labute approximate surface area is 60.8 Å². The van der Waals surface area contributed by atoms with Gasteiger partial charge in [-0.15, -0.1) is 0 Å². The lowest BCUT2D eigenvalue weighted by Gasteiger charge is -2.00. The molecule has 0 aliphatic carbocycles. The van der Waals surface area contributed by atoms with E-state index in [1.807, 2.05) is 13.1 Å². The topological polar surface area (TPSA) is 40.7 Å². The van der Waals surface area contributed by atoms with Gasteiger partial charge < -0.3 is 5.32 Å². The summed E-state index contributed by atoms with van der Waals surface area (Å²) in [6, 6.07) is 0. The maximum Gasteiger partial charge on any atom is 0.124 e. The van der Waals surface area contributed by atoms with Gasteiger partial charge >= 0.3 is 0 Å². The molecule has 0 radical (unpaired) electrons. The van der Waals surface area contributed by atoms with Gasteiger partial charge in [0.25, 0.3) is 0 Å². The van der Waals surface area contributed by atoms with E-state index in [1.165, 1.54) is 5.56 Å². The lowest BCUT2D eigenvalue weighted by Crippen LogP contribution is -2.00. The second-order valence-corrected chi connectivity index (χ2v) is 2.35. The Morgan fingerprint density at radius 1 is 1.70 bits per heavy atom. The Balaban J connectivity index is 2.49. The molecule has 56 valence electrons. The minimum atomic E-state index is 1.00. The minimum absolute atomic E-state index is 1.00. The number of nitrogens with zero attached hydrogens (tertiary/aromatic N) is 1. The van der Waals surface area contributed by atoms with Crippen molar-refractivity contribution in [1.29, 1.82) is 0 Å². The summed E-state index contributed by atoms with van der Waals surface area (Å²) in [6.07, 6.45) is 2.95. The van der Waals surface area contributed by atoms with E-state index in [0.29, 0.717) is 0 Å². The van der Waals surface area contributed by atoms with E-state index in [-0.39, 0.29) is 0 Å². The smallest absolute Gasteiger partial charge is 0.124 e. The maximum atomic E-state index is 3.89.